The normalized spacial score (nSPS) is 28.1. The van der Waals surface area contributed by atoms with Crippen LogP contribution in [0.2, 0.25) is 0 Å². The van der Waals surface area contributed by atoms with E-state index in [2.05, 4.69) is 16.0 Å². The highest BCUT2D eigenvalue weighted by atomic mass is 32.2. The minimum Gasteiger partial charge on any atom is -0.457 e. The Hall–Kier alpha value is -3.15. The molecule has 2 aromatic carbocycles. The summed E-state index contributed by atoms with van der Waals surface area (Å²) in [6, 6.07) is 14.1. The smallest absolute Gasteiger partial charge is 0.326 e. The molecule has 3 saturated heterocycles. The number of rotatable bonds is 5. The topological polar surface area (TPSA) is 85.9 Å². The van der Waals surface area contributed by atoms with Crippen molar-refractivity contribution >= 4 is 29.4 Å². The van der Waals surface area contributed by atoms with Crippen molar-refractivity contribution in [2.24, 2.45) is 5.92 Å². The van der Waals surface area contributed by atoms with Crippen LogP contribution in [0, 0.1) is 12.8 Å². The summed E-state index contributed by atoms with van der Waals surface area (Å²) in [5.74, 6) is -1.98. The quantitative estimate of drug-likeness (QED) is 0.517. The number of halogens is 2. The van der Waals surface area contributed by atoms with E-state index in [1.807, 2.05) is 55.5 Å². The molecule has 0 saturated carbocycles. The molecule has 0 spiro atoms. The van der Waals surface area contributed by atoms with Crippen molar-refractivity contribution in [2.75, 3.05) is 31.6 Å². The molecule has 4 aliphatic heterocycles. The number of nitrogens with zero attached hydrogens (tertiary/aromatic N) is 2. The van der Waals surface area contributed by atoms with Gasteiger partial charge < -0.3 is 20.7 Å². The molecule has 11 heteroatoms. The molecule has 3 fully saturated rings. The molecule has 2 aromatic rings. The fourth-order valence-electron chi connectivity index (χ4n) is 6.16. The molecule has 4 heterocycles. The van der Waals surface area contributed by atoms with Crippen molar-refractivity contribution in [1.29, 1.82) is 0 Å². The monoisotopic (exact) mass is 555 g/mol. The molecule has 0 aliphatic carbocycles. The van der Waals surface area contributed by atoms with E-state index in [9.17, 15) is 18.4 Å². The van der Waals surface area contributed by atoms with Gasteiger partial charge in [-0.1, -0.05) is 30.0 Å². The van der Waals surface area contributed by atoms with Gasteiger partial charge in [0.1, 0.15) is 11.5 Å². The van der Waals surface area contributed by atoms with Gasteiger partial charge in [0.05, 0.1) is 22.9 Å². The van der Waals surface area contributed by atoms with Crippen LogP contribution in [0.25, 0.3) is 0 Å². The number of hydrogen-bond acceptors (Lipinski definition) is 6. The van der Waals surface area contributed by atoms with Crippen LogP contribution in [-0.2, 0) is 4.79 Å². The van der Waals surface area contributed by atoms with Crippen LogP contribution in [0.3, 0.4) is 0 Å². The molecule has 4 aliphatic rings. The predicted molar refractivity (Wildman–Crippen MR) is 146 cm³/mol. The Kier molecular flexibility index (Phi) is 6.76. The number of anilines is 1. The van der Waals surface area contributed by atoms with Gasteiger partial charge in [-0.3, -0.25) is 14.6 Å². The van der Waals surface area contributed by atoms with E-state index < -0.39 is 24.3 Å². The summed E-state index contributed by atoms with van der Waals surface area (Å²) in [5, 5.41) is 9.17. The summed E-state index contributed by atoms with van der Waals surface area (Å²) in [5.41, 5.74) is 2.26. The SMILES string of the molecule is Cc1cc(Oc2ccccc2)ccc1N1C(=O)NC2=C(C(=O)N[C@H]3CN(C)CC(F)(F)C3)SC3NCCC1C23. The summed E-state index contributed by atoms with van der Waals surface area (Å²) in [7, 11) is 1.62. The Labute approximate surface area is 230 Å². The van der Waals surface area contributed by atoms with Crippen LogP contribution in [0.5, 0.6) is 11.5 Å². The first-order valence-corrected chi connectivity index (χ1v) is 14.0. The minimum atomic E-state index is -2.86. The molecule has 3 amide bonds. The van der Waals surface area contributed by atoms with E-state index in [-0.39, 0.29) is 29.9 Å². The van der Waals surface area contributed by atoms with E-state index in [0.29, 0.717) is 29.4 Å². The highest BCUT2D eigenvalue weighted by Crippen LogP contribution is 2.48. The van der Waals surface area contributed by atoms with Gasteiger partial charge in [-0.15, -0.1) is 0 Å². The summed E-state index contributed by atoms with van der Waals surface area (Å²) in [6.45, 7) is 2.68. The highest BCUT2D eigenvalue weighted by molar-refractivity contribution is 8.04. The van der Waals surface area contributed by atoms with Gasteiger partial charge in [-0.05, 0) is 62.8 Å². The number of hydrogen-bond donors (Lipinski definition) is 3. The lowest BCUT2D eigenvalue weighted by Gasteiger charge is -2.46. The van der Waals surface area contributed by atoms with E-state index in [4.69, 9.17) is 4.74 Å². The second kappa shape index (κ2) is 10.1. The number of piperidine rings is 2. The summed E-state index contributed by atoms with van der Waals surface area (Å²) in [4.78, 5) is 30.6. The number of likely N-dealkylation sites (tertiary alicyclic amines) is 1. The van der Waals surface area contributed by atoms with Crippen LogP contribution < -0.4 is 25.6 Å². The number of urea groups is 1. The Bertz CT molecular complexity index is 1320. The first kappa shape index (κ1) is 26.1. The van der Waals surface area contributed by atoms with Gasteiger partial charge in [0.2, 0.25) is 0 Å². The number of alkyl halides is 2. The summed E-state index contributed by atoms with van der Waals surface area (Å²) < 4.78 is 34.2. The molecule has 0 aromatic heterocycles. The van der Waals surface area contributed by atoms with Crippen LogP contribution in [-0.4, -0.2) is 66.9 Å². The lowest BCUT2D eigenvalue weighted by Crippen LogP contribution is -2.62. The molecule has 206 valence electrons. The number of para-hydroxylation sites is 1. The van der Waals surface area contributed by atoms with Gasteiger partial charge in [0.25, 0.3) is 11.8 Å². The maximum Gasteiger partial charge on any atom is 0.326 e. The average molecular weight is 556 g/mol. The Morgan fingerprint density at radius 1 is 1.18 bits per heavy atom. The summed E-state index contributed by atoms with van der Waals surface area (Å²) in [6.07, 6.45) is 0.322. The van der Waals surface area contributed by atoms with Gasteiger partial charge in [0.15, 0.2) is 0 Å². The van der Waals surface area contributed by atoms with Crippen molar-refractivity contribution in [3.05, 3.63) is 64.7 Å². The zero-order valence-electron chi connectivity index (χ0n) is 21.7. The fraction of sp³-hybridized carbons (Fsp3) is 0.429. The third-order valence-corrected chi connectivity index (χ3v) is 9.02. The average Bonchev–Trinajstić information content (AvgIpc) is 3.24. The number of ether oxygens (including phenoxy) is 1. The third kappa shape index (κ3) is 5.10. The Morgan fingerprint density at radius 3 is 2.72 bits per heavy atom. The van der Waals surface area contributed by atoms with Crippen LogP contribution in [0.1, 0.15) is 18.4 Å². The van der Waals surface area contributed by atoms with E-state index in [1.54, 1.807) is 11.9 Å². The molecule has 0 radical (unpaired) electrons. The zero-order valence-corrected chi connectivity index (χ0v) is 22.6. The fourth-order valence-corrected chi connectivity index (χ4v) is 7.56. The number of likely N-dealkylation sites (N-methyl/N-ethyl adjacent to an activating group) is 1. The van der Waals surface area contributed by atoms with Gasteiger partial charge in [-0.2, -0.15) is 0 Å². The van der Waals surface area contributed by atoms with Crippen LogP contribution in [0.15, 0.2) is 59.1 Å². The number of benzene rings is 2. The molecule has 0 bridgehead atoms. The number of aryl methyl sites for hydroxylation is 1. The van der Waals surface area contributed by atoms with Crippen LogP contribution >= 0.6 is 11.8 Å². The minimum absolute atomic E-state index is 0.0981. The molecular weight excluding hydrogens is 524 g/mol. The highest BCUT2D eigenvalue weighted by Gasteiger charge is 2.52. The molecule has 3 unspecified atom stereocenters. The molecule has 6 rings (SSSR count). The molecule has 4 atom stereocenters. The lowest BCUT2D eigenvalue weighted by atomic mass is 9.86. The van der Waals surface area contributed by atoms with Gasteiger partial charge in [0, 0.05) is 36.3 Å². The lowest BCUT2D eigenvalue weighted by molar-refractivity contribution is -0.120. The largest absolute Gasteiger partial charge is 0.457 e. The molecule has 8 nitrogen and oxygen atoms in total. The van der Waals surface area contributed by atoms with E-state index in [1.165, 1.54) is 16.7 Å². The number of carbonyl (C=O) groups excluding carboxylic acids is 2. The van der Waals surface area contributed by atoms with Crippen molar-refractivity contribution in [3.63, 3.8) is 0 Å². The van der Waals surface area contributed by atoms with Crippen LogP contribution in [0.4, 0.5) is 19.3 Å². The summed E-state index contributed by atoms with van der Waals surface area (Å²) >= 11 is 1.37. The maximum absolute atomic E-state index is 14.1. The number of nitrogens with one attached hydrogen (secondary N) is 3. The first-order valence-electron chi connectivity index (χ1n) is 13.1. The maximum atomic E-state index is 14.1. The molecule has 3 N–H and O–H groups in total. The molecule has 39 heavy (non-hydrogen) atoms. The number of amides is 3. The van der Waals surface area contributed by atoms with E-state index in [0.717, 1.165) is 23.4 Å². The van der Waals surface area contributed by atoms with Crippen molar-refractivity contribution < 1.29 is 23.1 Å². The Morgan fingerprint density at radius 2 is 1.97 bits per heavy atom. The zero-order chi connectivity index (χ0) is 27.3. The van der Waals surface area contributed by atoms with Gasteiger partial charge in [-0.25, -0.2) is 13.6 Å². The van der Waals surface area contributed by atoms with Gasteiger partial charge >= 0.3 is 6.03 Å². The predicted octanol–water partition coefficient (Wildman–Crippen LogP) is 4.04. The van der Waals surface area contributed by atoms with Crippen molar-refractivity contribution in [1.82, 2.24) is 20.9 Å². The molecular formula is C28H31F2N5O3S. The standard InChI is InChI=1S/C28H31F2N5O3S/c1-16-12-19(38-18-6-4-3-5-7-18)8-9-20(16)35-21-10-11-31-26-22(21)23(33-27(35)37)24(39-26)25(36)32-17-13-28(29,30)15-34(2)14-17/h3-9,12,17,21-22,26,31H,10-11,13-15H2,1-2H3,(H,32,36)(H,33,37)/t17-,21?,22?,26?/m1/s1. The number of thioether (sulfide) groups is 1. The Balaban J connectivity index is 1.24. The van der Waals surface area contributed by atoms with E-state index >= 15 is 0 Å². The third-order valence-electron chi connectivity index (χ3n) is 7.67. The van der Waals surface area contributed by atoms with Crippen molar-refractivity contribution in [2.45, 2.75) is 43.1 Å². The first-order chi connectivity index (χ1) is 18.7. The second-order valence-electron chi connectivity index (χ2n) is 10.7. The number of carbonyl (C=O) groups is 2. The second-order valence-corrected chi connectivity index (χ2v) is 11.9. The van der Waals surface area contributed by atoms with Crippen molar-refractivity contribution in [3.8, 4) is 11.5 Å².